The molecule has 0 bridgehead atoms. The van der Waals surface area contributed by atoms with Crippen LogP contribution < -0.4 is 10.2 Å². The van der Waals surface area contributed by atoms with E-state index in [9.17, 15) is 5.11 Å². The summed E-state index contributed by atoms with van der Waals surface area (Å²) in [7, 11) is 0. The third-order valence-electron chi connectivity index (χ3n) is 1.80. The Labute approximate surface area is 104 Å². The third kappa shape index (κ3) is 5.46. The van der Waals surface area contributed by atoms with Crippen molar-refractivity contribution in [3.05, 3.63) is 28.7 Å². The highest BCUT2D eigenvalue weighted by molar-refractivity contribution is 9.10. The molecule has 0 saturated heterocycles. The quantitative estimate of drug-likeness (QED) is 0.593. The van der Waals surface area contributed by atoms with Crippen LogP contribution in [-0.2, 0) is 4.84 Å². The molecule has 0 heterocycles. The van der Waals surface area contributed by atoms with Crippen molar-refractivity contribution in [3.63, 3.8) is 0 Å². The van der Waals surface area contributed by atoms with Gasteiger partial charge in [0.2, 0.25) is 0 Å². The lowest BCUT2D eigenvalue weighted by Gasteiger charge is -2.12. The predicted octanol–water partition coefficient (Wildman–Crippen LogP) is 1.73. The molecule has 16 heavy (non-hydrogen) atoms. The number of hydrogen-bond donors (Lipinski definition) is 2. The Bertz CT molecular complexity index is 309. The van der Waals surface area contributed by atoms with Gasteiger partial charge in [-0.1, -0.05) is 22.0 Å². The smallest absolute Gasteiger partial charge is 0.120 e. The van der Waals surface area contributed by atoms with Gasteiger partial charge in [0, 0.05) is 4.47 Å². The van der Waals surface area contributed by atoms with Crippen molar-refractivity contribution in [2.75, 3.05) is 19.8 Å². The maximum absolute atomic E-state index is 9.53. The molecule has 90 valence electrons. The molecule has 4 nitrogen and oxygen atoms in total. The zero-order valence-electron chi connectivity index (χ0n) is 9.15. The van der Waals surface area contributed by atoms with Gasteiger partial charge in [-0.3, -0.25) is 0 Å². The molecule has 1 aromatic rings. The van der Waals surface area contributed by atoms with Crippen LogP contribution in [0, 0.1) is 0 Å². The van der Waals surface area contributed by atoms with Crippen LogP contribution >= 0.6 is 15.9 Å². The van der Waals surface area contributed by atoms with Crippen LogP contribution in [0.15, 0.2) is 28.7 Å². The van der Waals surface area contributed by atoms with Crippen LogP contribution in [0.2, 0.25) is 0 Å². The molecule has 0 aromatic heterocycles. The number of halogens is 1. The summed E-state index contributed by atoms with van der Waals surface area (Å²) in [5, 5.41) is 9.53. The van der Waals surface area contributed by atoms with Crippen molar-refractivity contribution in [1.82, 2.24) is 5.48 Å². The number of benzene rings is 1. The molecule has 5 heteroatoms. The molecule has 0 aliphatic carbocycles. The van der Waals surface area contributed by atoms with Crippen LogP contribution in [0.4, 0.5) is 0 Å². The molecule has 1 rings (SSSR count). The lowest BCUT2D eigenvalue weighted by molar-refractivity contribution is 0.00949. The van der Waals surface area contributed by atoms with Crippen molar-refractivity contribution < 1.29 is 14.7 Å². The minimum Gasteiger partial charge on any atom is -0.491 e. The molecular formula is C11H16BrNO3. The standard InChI is InChI=1S/C11H16BrNO3/c1-2-16-13-7-10(14)8-15-11-5-3-4-9(12)6-11/h3-6,10,13-14H,2,7-8H2,1H3. The number of rotatable bonds is 7. The van der Waals surface area contributed by atoms with E-state index in [0.717, 1.165) is 10.2 Å². The Kier molecular flexibility index (Phi) is 6.40. The summed E-state index contributed by atoms with van der Waals surface area (Å²) in [5.74, 6) is 0.727. The Hall–Kier alpha value is -0.620. The molecule has 1 aromatic carbocycles. The van der Waals surface area contributed by atoms with Crippen LogP contribution in [0.5, 0.6) is 5.75 Å². The van der Waals surface area contributed by atoms with Gasteiger partial charge >= 0.3 is 0 Å². The Morgan fingerprint density at radius 3 is 3.00 bits per heavy atom. The van der Waals surface area contributed by atoms with Gasteiger partial charge in [-0.05, 0) is 25.1 Å². The van der Waals surface area contributed by atoms with Gasteiger partial charge in [-0.2, -0.15) is 5.48 Å². The van der Waals surface area contributed by atoms with Crippen molar-refractivity contribution in [2.24, 2.45) is 0 Å². The number of aliphatic hydroxyl groups is 1. The molecule has 0 spiro atoms. The second kappa shape index (κ2) is 7.62. The highest BCUT2D eigenvalue weighted by Gasteiger charge is 2.04. The monoisotopic (exact) mass is 289 g/mol. The van der Waals surface area contributed by atoms with Crippen molar-refractivity contribution in [1.29, 1.82) is 0 Å². The highest BCUT2D eigenvalue weighted by Crippen LogP contribution is 2.17. The summed E-state index contributed by atoms with van der Waals surface area (Å²) in [4.78, 5) is 4.90. The maximum Gasteiger partial charge on any atom is 0.120 e. The van der Waals surface area contributed by atoms with E-state index in [2.05, 4.69) is 21.4 Å². The second-order valence-corrected chi connectivity index (χ2v) is 4.12. The van der Waals surface area contributed by atoms with Crippen LogP contribution in [0.3, 0.4) is 0 Å². The summed E-state index contributed by atoms with van der Waals surface area (Å²) in [6.45, 7) is 3.02. The topological polar surface area (TPSA) is 50.7 Å². The SMILES string of the molecule is CCONCC(O)COc1cccc(Br)c1. The fourth-order valence-corrected chi connectivity index (χ4v) is 1.44. The van der Waals surface area contributed by atoms with Gasteiger partial charge in [0.1, 0.15) is 18.5 Å². The highest BCUT2D eigenvalue weighted by atomic mass is 79.9. The molecule has 0 aliphatic heterocycles. The van der Waals surface area contributed by atoms with Gasteiger partial charge in [0.25, 0.3) is 0 Å². The van der Waals surface area contributed by atoms with Crippen molar-refractivity contribution in [3.8, 4) is 5.75 Å². The molecule has 1 unspecified atom stereocenters. The van der Waals surface area contributed by atoms with E-state index < -0.39 is 6.10 Å². The first-order valence-electron chi connectivity index (χ1n) is 5.13. The average molecular weight is 290 g/mol. The summed E-state index contributed by atoms with van der Waals surface area (Å²) >= 11 is 3.35. The Balaban J connectivity index is 2.23. The fourth-order valence-electron chi connectivity index (χ4n) is 1.07. The molecule has 0 saturated carbocycles. The molecule has 0 aliphatic rings. The zero-order chi connectivity index (χ0) is 11.8. The third-order valence-corrected chi connectivity index (χ3v) is 2.30. The zero-order valence-corrected chi connectivity index (χ0v) is 10.7. The number of hydrogen-bond acceptors (Lipinski definition) is 4. The molecule has 0 amide bonds. The summed E-state index contributed by atoms with van der Waals surface area (Å²) in [5.41, 5.74) is 2.64. The lowest BCUT2D eigenvalue weighted by atomic mass is 10.3. The van der Waals surface area contributed by atoms with Crippen molar-refractivity contribution >= 4 is 15.9 Å². The first kappa shape index (κ1) is 13.4. The maximum atomic E-state index is 9.53. The molecule has 1 atom stereocenters. The van der Waals surface area contributed by atoms with E-state index in [0.29, 0.717) is 13.2 Å². The summed E-state index contributed by atoms with van der Waals surface area (Å²) in [6.07, 6.45) is -0.592. The van der Waals surface area contributed by atoms with Crippen molar-refractivity contribution in [2.45, 2.75) is 13.0 Å². The number of hydroxylamine groups is 1. The van der Waals surface area contributed by atoms with Gasteiger partial charge in [0.15, 0.2) is 0 Å². The first-order valence-corrected chi connectivity index (χ1v) is 5.92. The van der Waals surface area contributed by atoms with E-state index in [1.54, 1.807) is 0 Å². The predicted molar refractivity (Wildman–Crippen MR) is 65.3 cm³/mol. The minimum atomic E-state index is -0.592. The first-order chi connectivity index (χ1) is 7.72. The molecule has 2 N–H and O–H groups in total. The normalized spacial score (nSPS) is 12.4. The largest absolute Gasteiger partial charge is 0.491 e. The average Bonchev–Trinajstić information content (AvgIpc) is 2.27. The number of ether oxygens (including phenoxy) is 1. The van der Waals surface area contributed by atoms with E-state index in [4.69, 9.17) is 9.57 Å². The van der Waals surface area contributed by atoms with Crippen LogP contribution in [0.25, 0.3) is 0 Å². The van der Waals surface area contributed by atoms with Gasteiger partial charge in [-0.15, -0.1) is 0 Å². The van der Waals surface area contributed by atoms with Crippen LogP contribution in [-0.4, -0.2) is 31.0 Å². The van der Waals surface area contributed by atoms with Gasteiger partial charge in [-0.25, -0.2) is 0 Å². The van der Waals surface area contributed by atoms with E-state index >= 15 is 0 Å². The summed E-state index contributed by atoms with van der Waals surface area (Å²) in [6, 6.07) is 7.49. The summed E-state index contributed by atoms with van der Waals surface area (Å²) < 4.78 is 6.35. The fraction of sp³-hybridized carbons (Fsp3) is 0.455. The molecule has 0 fully saturated rings. The number of nitrogens with one attached hydrogen (secondary N) is 1. The van der Waals surface area contributed by atoms with Crippen LogP contribution in [0.1, 0.15) is 6.92 Å². The van der Waals surface area contributed by atoms with Gasteiger partial charge in [0.05, 0.1) is 13.2 Å². The van der Waals surface area contributed by atoms with Gasteiger partial charge < -0.3 is 14.7 Å². The Morgan fingerprint density at radius 1 is 1.50 bits per heavy atom. The second-order valence-electron chi connectivity index (χ2n) is 3.20. The molecule has 0 radical (unpaired) electrons. The number of aliphatic hydroxyl groups excluding tert-OH is 1. The lowest BCUT2D eigenvalue weighted by Crippen LogP contribution is -2.31. The van der Waals surface area contributed by atoms with E-state index in [-0.39, 0.29) is 6.61 Å². The minimum absolute atomic E-state index is 0.233. The Morgan fingerprint density at radius 2 is 2.31 bits per heavy atom. The van der Waals surface area contributed by atoms with E-state index in [1.807, 2.05) is 31.2 Å². The molecular weight excluding hydrogens is 274 g/mol. The van der Waals surface area contributed by atoms with E-state index in [1.165, 1.54) is 0 Å².